The number of fused-ring (bicyclic) bond motifs is 1. The van der Waals surface area contributed by atoms with Gasteiger partial charge >= 0.3 is 5.63 Å². The van der Waals surface area contributed by atoms with Gasteiger partial charge in [-0.15, -0.1) is 0 Å². The Morgan fingerprint density at radius 2 is 2.14 bits per heavy atom. The number of carbonyl (C=O) groups is 1. The Morgan fingerprint density at radius 3 is 2.86 bits per heavy atom. The average molecular weight is 291 g/mol. The molecule has 0 aliphatic rings. The number of ether oxygens (including phenoxy) is 2. The Hall–Kier alpha value is -2.50. The molecule has 0 saturated carbocycles. The van der Waals surface area contributed by atoms with E-state index in [1.165, 1.54) is 6.07 Å². The highest BCUT2D eigenvalue weighted by Crippen LogP contribution is 2.27. The van der Waals surface area contributed by atoms with Crippen LogP contribution in [0.2, 0.25) is 0 Å². The molecule has 0 atom stereocenters. The Bertz CT molecular complexity index is 679. The lowest BCUT2D eigenvalue weighted by molar-refractivity contribution is -0.128. The SMILES string of the molecule is COc1ccc2c(N(C)CCCOC=O)cc(=O)oc2c1. The van der Waals surface area contributed by atoms with Gasteiger partial charge in [-0.2, -0.15) is 0 Å². The molecule has 2 aromatic rings. The third-order valence-electron chi connectivity index (χ3n) is 3.16. The molecule has 0 aliphatic carbocycles. The van der Waals surface area contributed by atoms with Crippen LogP contribution < -0.4 is 15.3 Å². The van der Waals surface area contributed by atoms with Crippen LogP contribution in [-0.2, 0) is 9.53 Å². The van der Waals surface area contributed by atoms with E-state index in [1.54, 1.807) is 13.2 Å². The molecule has 0 spiro atoms. The topological polar surface area (TPSA) is 69.0 Å². The van der Waals surface area contributed by atoms with Crippen molar-refractivity contribution in [1.29, 1.82) is 0 Å². The number of hydrogen-bond acceptors (Lipinski definition) is 6. The quantitative estimate of drug-likeness (QED) is 0.440. The molecule has 112 valence electrons. The molecule has 0 N–H and O–H groups in total. The molecule has 0 unspecified atom stereocenters. The van der Waals surface area contributed by atoms with E-state index in [-0.39, 0.29) is 0 Å². The summed E-state index contributed by atoms with van der Waals surface area (Å²) in [6.07, 6.45) is 0.674. The molecule has 1 aromatic carbocycles. The Balaban J connectivity index is 2.29. The largest absolute Gasteiger partial charge is 0.497 e. The first-order valence-electron chi connectivity index (χ1n) is 6.54. The summed E-state index contributed by atoms with van der Waals surface area (Å²) in [6, 6.07) is 6.80. The third-order valence-corrected chi connectivity index (χ3v) is 3.16. The van der Waals surface area contributed by atoms with Crippen LogP contribution in [0, 0.1) is 0 Å². The van der Waals surface area contributed by atoms with Crippen molar-refractivity contribution in [3.8, 4) is 5.75 Å². The first-order valence-corrected chi connectivity index (χ1v) is 6.54. The summed E-state index contributed by atoms with van der Waals surface area (Å²) in [5.41, 5.74) is 0.838. The predicted molar refractivity (Wildman–Crippen MR) is 78.9 cm³/mol. The maximum atomic E-state index is 11.7. The maximum absolute atomic E-state index is 11.7. The standard InChI is InChI=1S/C15H17NO5/c1-16(6-3-7-20-10-17)13-9-15(18)21-14-8-11(19-2)4-5-12(13)14/h4-5,8-10H,3,6-7H2,1-2H3. The van der Waals surface area contributed by atoms with Gasteiger partial charge in [-0.1, -0.05) is 0 Å². The van der Waals surface area contributed by atoms with E-state index in [0.717, 1.165) is 11.1 Å². The van der Waals surface area contributed by atoms with Gasteiger partial charge in [-0.25, -0.2) is 4.79 Å². The molecule has 1 heterocycles. The van der Waals surface area contributed by atoms with E-state index < -0.39 is 5.63 Å². The van der Waals surface area contributed by atoms with Gasteiger partial charge in [-0.3, -0.25) is 4.79 Å². The molecule has 2 rings (SSSR count). The lowest BCUT2D eigenvalue weighted by Gasteiger charge is -2.20. The lowest BCUT2D eigenvalue weighted by atomic mass is 10.2. The van der Waals surface area contributed by atoms with Crippen LogP contribution in [0.1, 0.15) is 6.42 Å². The van der Waals surface area contributed by atoms with Gasteiger partial charge in [0.25, 0.3) is 6.47 Å². The van der Waals surface area contributed by atoms with Crippen molar-refractivity contribution >= 4 is 23.1 Å². The zero-order valence-electron chi connectivity index (χ0n) is 12.0. The van der Waals surface area contributed by atoms with E-state index in [0.29, 0.717) is 37.4 Å². The van der Waals surface area contributed by atoms with Crippen molar-refractivity contribution in [1.82, 2.24) is 0 Å². The monoisotopic (exact) mass is 291 g/mol. The zero-order chi connectivity index (χ0) is 15.2. The van der Waals surface area contributed by atoms with Crippen LogP contribution >= 0.6 is 0 Å². The fourth-order valence-electron chi connectivity index (χ4n) is 2.12. The summed E-state index contributed by atoms with van der Waals surface area (Å²) in [5, 5.41) is 0.828. The average Bonchev–Trinajstić information content (AvgIpc) is 2.49. The number of rotatable bonds is 7. The van der Waals surface area contributed by atoms with Gasteiger partial charge in [0, 0.05) is 31.1 Å². The molecular weight excluding hydrogens is 274 g/mol. The normalized spacial score (nSPS) is 10.4. The second-order valence-corrected chi connectivity index (χ2v) is 4.55. The predicted octanol–water partition coefficient (Wildman–Crippen LogP) is 1.80. The maximum Gasteiger partial charge on any atom is 0.338 e. The zero-order valence-corrected chi connectivity index (χ0v) is 12.0. The summed E-state index contributed by atoms with van der Waals surface area (Å²) < 4.78 is 15.0. The minimum absolute atomic E-state index is 0.348. The molecule has 1 aromatic heterocycles. The second kappa shape index (κ2) is 6.78. The molecule has 0 radical (unpaired) electrons. The van der Waals surface area contributed by atoms with Gasteiger partial charge < -0.3 is 18.8 Å². The van der Waals surface area contributed by atoms with Gasteiger partial charge in [-0.05, 0) is 18.6 Å². The summed E-state index contributed by atoms with van der Waals surface area (Å²) >= 11 is 0. The highest BCUT2D eigenvalue weighted by atomic mass is 16.5. The molecule has 6 heteroatoms. The molecule has 0 amide bonds. The summed E-state index contributed by atoms with van der Waals surface area (Å²) in [4.78, 5) is 23.7. The lowest BCUT2D eigenvalue weighted by Crippen LogP contribution is -2.21. The third kappa shape index (κ3) is 3.53. The molecule has 6 nitrogen and oxygen atoms in total. The Labute approximate surface area is 121 Å². The number of hydrogen-bond donors (Lipinski definition) is 0. The van der Waals surface area contributed by atoms with Crippen molar-refractivity contribution in [3.05, 3.63) is 34.7 Å². The second-order valence-electron chi connectivity index (χ2n) is 4.55. The van der Waals surface area contributed by atoms with Crippen LogP contribution in [-0.4, -0.2) is 33.8 Å². The van der Waals surface area contributed by atoms with Crippen molar-refractivity contribution in [2.75, 3.05) is 32.2 Å². The number of nitrogens with zero attached hydrogens (tertiary/aromatic N) is 1. The van der Waals surface area contributed by atoms with E-state index in [1.807, 2.05) is 24.1 Å². The van der Waals surface area contributed by atoms with E-state index in [2.05, 4.69) is 4.74 Å². The highest BCUT2D eigenvalue weighted by molar-refractivity contribution is 5.90. The van der Waals surface area contributed by atoms with E-state index in [9.17, 15) is 9.59 Å². The number of carbonyl (C=O) groups excluding carboxylic acids is 1. The molecule has 0 aliphatic heterocycles. The van der Waals surface area contributed by atoms with Crippen LogP contribution in [0.5, 0.6) is 5.75 Å². The van der Waals surface area contributed by atoms with Crippen LogP contribution in [0.15, 0.2) is 33.5 Å². The molecule has 0 fully saturated rings. The fourth-order valence-corrected chi connectivity index (χ4v) is 2.12. The van der Waals surface area contributed by atoms with Crippen LogP contribution in [0.4, 0.5) is 5.69 Å². The summed E-state index contributed by atoms with van der Waals surface area (Å²) in [5.74, 6) is 0.629. The van der Waals surface area contributed by atoms with Crippen molar-refractivity contribution < 1.29 is 18.7 Å². The Morgan fingerprint density at radius 1 is 1.33 bits per heavy atom. The van der Waals surface area contributed by atoms with Gasteiger partial charge in [0.15, 0.2) is 0 Å². The van der Waals surface area contributed by atoms with Gasteiger partial charge in [0.1, 0.15) is 11.3 Å². The number of anilines is 1. The van der Waals surface area contributed by atoms with Crippen molar-refractivity contribution in [2.45, 2.75) is 6.42 Å². The first-order chi connectivity index (χ1) is 10.2. The molecule has 21 heavy (non-hydrogen) atoms. The van der Waals surface area contributed by atoms with Crippen molar-refractivity contribution in [3.63, 3.8) is 0 Å². The number of methoxy groups -OCH3 is 1. The minimum Gasteiger partial charge on any atom is -0.497 e. The van der Waals surface area contributed by atoms with Gasteiger partial charge in [0.05, 0.1) is 19.4 Å². The summed E-state index contributed by atoms with van der Waals surface area (Å²) in [7, 11) is 3.43. The fraction of sp³-hybridized carbons (Fsp3) is 0.333. The van der Waals surface area contributed by atoms with Gasteiger partial charge in [0.2, 0.25) is 0 Å². The highest BCUT2D eigenvalue weighted by Gasteiger charge is 2.10. The molecule has 0 bridgehead atoms. The summed E-state index contributed by atoms with van der Waals surface area (Å²) in [6.45, 7) is 1.43. The Kier molecular flexibility index (Phi) is 4.81. The van der Waals surface area contributed by atoms with E-state index >= 15 is 0 Å². The smallest absolute Gasteiger partial charge is 0.338 e. The van der Waals surface area contributed by atoms with E-state index in [4.69, 9.17) is 9.15 Å². The molecular formula is C15H17NO5. The van der Waals surface area contributed by atoms with Crippen LogP contribution in [0.25, 0.3) is 11.0 Å². The van der Waals surface area contributed by atoms with Crippen molar-refractivity contribution in [2.24, 2.45) is 0 Å². The number of benzene rings is 1. The molecule has 0 saturated heterocycles. The minimum atomic E-state index is -0.415. The van der Waals surface area contributed by atoms with Crippen LogP contribution in [0.3, 0.4) is 0 Å². The first kappa shape index (κ1) is 14.9.